The topological polar surface area (TPSA) is 169 Å². The van der Waals surface area contributed by atoms with E-state index >= 15 is 4.39 Å². The number of rotatable bonds is 13. The predicted molar refractivity (Wildman–Crippen MR) is 169 cm³/mol. The van der Waals surface area contributed by atoms with E-state index in [0.29, 0.717) is 16.7 Å². The zero-order chi connectivity index (χ0) is 34.0. The summed E-state index contributed by atoms with van der Waals surface area (Å²) in [6, 6.07) is 8.83. The lowest BCUT2D eigenvalue weighted by molar-refractivity contribution is -0.300. The lowest BCUT2D eigenvalue weighted by Crippen LogP contribution is -2.65. The molecule has 16 heteroatoms. The molecular formula is C29H41B3FN3O9. The second-order valence-corrected chi connectivity index (χ2v) is 12.1. The van der Waals surface area contributed by atoms with E-state index in [1.165, 1.54) is 59.8 Å². The van der Waals surface area contributed by atoms with Crippen molar-refractivity contribution in [1.29, 1.82) is 0 Å². The number of carbonyl (C=O) groups is 3. The summed E-state index contributed by atoms with van der Waals surface area (Å²) in [5.41, 5.74) is -5.09. The SMILES string of the molecule is BC(B)(Oc1cccc(C)c1C(B)(O)N(C=O)C(O)(CCC=O)C(=O)NC)c1cccc(C(O)(O)N2CC(C)OC(C)C2)c1F. The van der Waals surface area contributed by atoms with E-state index in [1.54, 1.807) is 32.9 Å². The Morgan fingerprint density at radius 1 is 1.09 bits per heavy atom. The van der Waals surface area contributed by atoms with E-state index in [1.807, 2.05) is 0 Å². The summed E-state index contributed by atoms with van der Waals surface area (Å²) in [5.74, 6) is -4.66. The molecule has 45 heavy (non-hydrogen) atoms. The third-order valence-corrected chi connectivity index (χ3v) is 8.12. The molecule has 1 heterocycles. The zero-order valence-electron chi connectivity index (χ0n) is 26.7. The number of morpholine rings is 1. The van der Waals surface area contributed by atoms with Crippen LogP contribution in [0.2, 0.25) is 0 Å². The number of aliphatic hydroxyl groups is 4. The highest BCUT2D eigenvalue weighted by atomic mass is 19.1. The highest BCUT2D eigenvalue weighted by Crippen LogP contribution is 2.40. The average Bonchev–Trinajstić information content (AvgIpc) is 2.94. The number of nitrogens with one attached hydrogen (secondary N) is 1. The molecule has 1 fully saturated rings. The molecule has 2 aromatic rings. The Morgan fingerprint density at radius 2 is 1.67 bits per heavy atom. The molecule has 1 saturated heterocycles. The van der Waals surface area contributed by atoms with Gasteiger partial charge < -0.3 is 40.0 Å². The van der Waals surface area contributed by atoms with Gasteiger partial charge in [-0.2, -0.15) is 0 Å². The van der Waals surface area contributed by atoms with Crippen molar-refractivity contribution in [3.8, 4) is 5.75 Å². The first-order valence-electron chi connectivity index (χ1n) is 14.7. The fourth-order valence-corrected chi connectivity index (χ4v) is 6.00. The van der Waals surface area contributed by atoms with Gasteiger partial charge in [-0.1, -0.05) is 24.3 Å². The summed E-state index contributed by atoms with van der Waals surface area (Å²) >= 11 is 0. The van der Waals surface area contributed by atoms with Crippen molar-refractivity contribution in [3.05, 3.63) is 64.5 Å². The number of aldehydes is 1. The maximum Gasteiger partial charge on any atom is 0.273 e. The standard InChI is InChI=1S/C29H41B3FN3O9/c1-17-8-5-11-22(23(17)28(32,41)36(16-38)26(40,12-7-13-37)25(39)34-4)45-27(30,31)20-9-6-10-21(24(20)33)29(42,43)35-14-18(2)44-19(3)15-35/h5-6,8-11,13,16,18-19,40-43H,7,12,14-15,30-32H2,1-4H3,(H,34,39). The molecule has 242 valence electrons. The molecule has 0 spiro atoms. The molecule has 2 amide bonds. The number of hydrogen-bond acceptors (Lipinski definition) is 10. The second-order valence-electron chi connectivity index (χ2n) is 12.1. The van der Waals surface area contributed by atoms with Crippen LogP contribution in [0.3, 0.4) is 0 Å². The smallest absolute Gasteiger partial charge is 0.273 e. The number of ether oxygens (including phenoxy) is 2. The van der Waals surface area contributed by atoms with Crippen LogP contribution in [0.1, 0.15) is 48.9 Å². The molecule has 0 saturated carbocycles. The first-order valence-corrected chi connectivity index (χ1v) is 14.7. The van der Waals surface area contributed by atoms with Gasteiger partial charge in [0.25, 0.3) is 11.8 Å². The van der Waals surface area contributed by atoms with Gasteiger partial charge in [0.05, 0.1) is 23.2 Å². The fourth-order valence-electron chi connectivity index (χ4n) is 6.00. The van der Waals surface area contributed by atoms with Gasteiger partial charge in [-0.25, -0.2) is 9.29 Å². The summed E-state index contributed by atoms with van der Waals surface area (Å²) in [4.78, 5) is 38.2. The van der Waals surface area contributed by atoms with Gasteiger partial charge in [-0.05, 0) is 38.5 Å². The van der Waals surface area contributed by atoms with Crippen molar-refractivity contribution in [2.75, 3.05) is 20.1 Å². The van der Waals surface area contributed by atoms with E-state index in [4.69, 9.17) is 9.47 Å². The average molecular weight is 627 g/mol. The number of likely N-dealkylation sites (N-methyl/N-ethyl adjacent to an activating group) is 1. The van der Waals surface area contributed by atoms with Crippen LogP contribution < -0.4 is 10.1 Å². The van der Waals surface area contributed by atoms with Crippen LogP contribution >= 0.6 is 0 Å². The van der Waals surface area contributed by atoms with Crippen molar-refractivity contribution in [2.24, 2.45) is 0 Å². The van der Waals surface area contributed by atoms with Gasteiger partial charge in [0.2, 0.25) is 12.1 Å². The van der Waals surface area contributed by atoms with Gasteiger partial charge in [0.1, 0.15) is 23.5 Å². The summed E-state index contributed by atoms with van der Waals surface area (Å²) in [5, 5.41) is 46.3. The molecule has 0 aliphatic carbocycles. The third kappa shape index (κ3) is 7.11. The van der Waals surface area contributed by atoms with Crippen molar-refractivity contribution >= 4 is 42.1 Å². The molecule has 1 aliphatic heterocycles. The van der Waals surface area contributed by atoms with Crippen LogP contribution in [0.5, 0.6) is 5.75 Å². The molecule has 4 atom stereocenters. The van der Waals surface area contributed by atoms with E-state index in [0.717, 1.165) is 0 Å². The monoisotopic (exact) mass is 627 g/mol. The van der Waals surface area contributed by atoms with E-state index in [2.05, 4.69) is 5.32 Å². The maximum absolute atomic E-state index is 16.2. The number of halogens is 1. The highest BCUT2D eigenvalue weighted by molar-refractivity contribution is 6.39. The Labute approximate surface area is 264 Å². The molecule has 0 aromatic heterocycles. The number of hydrogen-bond donors (Lipinski definition) is 5. The molecule has 12 nitrogen and oxygen atoms in total. The van der Waals surface area contributed by atoms with Crippen LogP contribution in [-0.2, 0) is 36.1 Å². The van der Waals surface area contributed by atoms with Crippen LogP contribution in [0.25, 0.3) is 0 Å². The number of benzene rings is 2. The quantitative estimate of drug-likeness (QED) is 0.0903. The lowest BCUT2D eigenvalue weighted by atomic mass is 9.60. The van der Waals surface area contributed by atoms with Crippen LogP contribution in [-0.4, -0.2) is 110 Å². The molecule has 4 unspecified atom stereocenters. The lowest BCUT2D eigenvalue weighted by Gasteiger charge is -2.46. The van der Waals surface area contributed by atoms with Crippen molar-refractivity contribution in [2.45, 2.75) is 68.5 Å². The Morgan fingerprint density at radius 3 is 2.22 bits per heavy atom. The number of carbonyl (C=O) groups excluding carboxylic acids is 3. The number of nitrogens with zero attached hydrogens (tertiary/aromatic N) is 2. The van der Waals surface area contributed by atoms with Gasteiger partial charge in [0.15, 0.2) is 23.5 Å². The van der Waals surface area contributed by atoms with E-state index in [9.17, 15) is 34.8 Å². The Hall–Kier alpha value is -3.27. The van der Waals surface area contributed by atoms with E-state index in [-0.39, 0.29) is 55.0 Å². The minimum Gasteiger partial charge on any atom is -0.501 e. The van der Waals surface area contributed by atoms with Gasteiger partial charge >= 0.3 is 0 Å². The predicted octanol–water partition coefficient (Wildman–Crippen LogP) is -2.60. The van der Waals surface area contributed by atoms with Crippen LogP contribution in [0.15, 0.2) is 36.4 Å². The first kappa shape index (κ1) is 36.2. The Kier molecular flexibility index (Phi) is 11.0. The summed E-state index contributed by atoms with van der Waals surface area (Å²) in [6.45, 7) is 5.45. The Bertz CT molecular complexity index is 1400. The fraction of sp³-hybridized carbons (Fsp3) is 0.483. The summed E-state index contributed by atoms with van der Waals surface area (Å²) in [7, 11) is 5.48. The highest BCUT2D eigenvalue weighted by Gasteiger charge is 2.50. The van der Waals surface area contributed by atoms with Crippen LogP contribution in [0.4, 0.5) is 4.39 Å². The van der Waals surface area contributed by atoms with Gasteiger partial charge in [0, 0.05) is 44.1 Å². The molecule has 2 aromatic carbocycles. The molecule has 0 bridgehead atoms. The molecular weight excluding hydrogens is 586 g/mol. The Balaban J connectivity index is 2.09. The van der Waals surface area contributed by atoms with Crippen molar-refractivity contribution < 1.29 is 48.7 Å². The summed E-state index contributed by atoms with van der Waals surface area (Å²) in [6.07, 6.45) is -0.898. The number of amides is 2. The maximum atomic E-state index is 16.2. The largest absolute Gasteiger partial charge is 0.501 e. The van der Waals surface area contributed by atoms with Crippen LogP contribution in [0, 0.1) is 12.7 Å². The first-order chi connectivity index (χ1) is 20.9. The summed E-state index contributed by atoms with van der Waals surface area (Å²) < 4.78 is 28.2. The second kappa shape index (κ2) is 13.6. The van der Waals surface area contributed by atoms with Crippen molar-refractivity contribution in [1.82, 2.24) is 15.1 Å². The van der Waals surface area contributed by atoms with Gasteiger partial charge in [-0.15, -0.1) is 0 Å². The molecule has 5 N–H and O–H groups in total. The van der Waals surface area contributed by atoms with Gasteiger partial charge in [-0.3, -0.25) is 14.5 Å². The zero-order valence-corrected chi connectivity index (χ0v) is 26.7. The minimum absolute atomic E-state index is 0.0219. The van der Waals surface area contributed by atoms with Crippen molar-refractivity contribution in [3.63, 3.8) is 0 Å². The molecule has 0 radical (unpaired) electrons. The minimum atomic E-state index is -2.67. The third-order valence-electron chi connectivity index (χ3n) is 8.12. The normalized spacial score (nSPS) is 20.4. The number of aryl methyl sites for hydroxylation is 1. The molecule has 1 aliphatic rings. The molecule has 3 rings (SSSR count). The van der Waals surface area contributed by atoms with E-state index < -0.39 is 46.4 Å².